The first-order chi connectivity index (χ1) is 15.8. The van der Waals surface area contributed by atoms with E-state index in [4.69, 9.17) is 34.8 Å². The van der Waals surface area contributed by atoms with E-state index in [-0.39, 0.29) is 34.2 Å². The topological polar surface area (TPSA) is 88.9 Å². The van der Waals surface area contributed by atoms with Gasteiger partial charge in [-0.25, -0.2) is 0 Å². The third kappa shape index (κ3) is 6.51. The van der Waals surface area contributed by atoms with Crippen LogP contribution < -0.4 is 10.6 Å². The number of aromatic nitrogens is 3. The van der Waals surface area contributed by atoms with Gasteiger partial charge < -0.3 is 15.2 Å². The number of amides is 2. The molecule has 0 radical (unpaired) electrons. The molecule has 3 aromatic rings. The number of rotatable bonds is 9. The quantitative estimate of drug-likeness (QED) is 0.222. The number of carbonyl (C=O) groups excluding carboxylic acids is 2. The van der Waals surface area contributed by atoms with E-state index in [0.29, 0.717) is 33.8 Å². The van der Waals surface area contributed by atoms with Crippen molar-refractivity contribution in [3.05, 3.63) is 81.1 Å². The van der Waals surface area contributed by atoms with Gasteiger partial charge >= 0.3 is 0 Å². The van der Waals surface area contributed by atoms with E-state index in [1.54, 1.807) is 16.7 Å². The molecule has 1 heterocycles. The second-order valence-corrected chi connectivity index (χ2v) is 9.04. The maximum atomic E-state index is 12.5. The molecule has 11 heteroatoms. The molecule has 0 fully saturated rings. The third-order valence-corrected chi connectivity index (χ3v) is 6.52. The number of nitrogens with zero attached hydrogens (tertiary/aromatic N) is 3. The molecule has 33 heavy (non-hydrogen) atoms. The zero-order chi connectivity index (χ0) is 24.0. The largest absolute Gasteiger partial charge is 0.345 e. The van der Waals surface area contributed by atoms with Crippen LogP contribution in [0.2, 0.25) is 15.1 Å². The number of hydrogen-bond acceptors (Lipinski definition) is 5. The number of halogens is 3. The molecule has 0 saturated carbocycles. The minimum absolute atomic E-state index is 0.0570. The standard InChI is InChI=1S/C22H20Cl3N5O2S/c1-3-8-30-19(11-26-21(32)14-7-5-4-6-13(14)2)28-29-22(30)33-12-20(31)27-18-10-16(24)15(23)9-17(18)25/h3-7,9-10H,1,8,11-12H2,2H3,(H,26,32)(H,27,31). The van der Waals surface area contributed by atoms with Crippen LogP contribution in [0.3, 0.4) is 0 Å². The van der Waals surface area contributed by atoms with E-state index < -0.39 is 0 Å². The summed E-state index contributed by atoms with van der Waals surface area (Å²) in [6.07, 6.45) is 1.69. The Kier molecular flexibility index (Phi) is 8.80. The highest BCUT2D eigenvalue weighted by Crippen LogP contribution is 2.32. The van der Waals surface area contributed by atoms with Crippen LogP contribution in [0.25, 0.3) is 0 Å². The molecule has 2 aromatic carbocycles. The second-order valence-electron chi connectivity index (χ2n) is 6.88. The Hall–Kier alpha value is -2.52. The lowest BCUT2D eigenvalue weighted by Gasteiger charge is -2.10. The highest BCUT2D eigenvalue weighted by atomic mass is 35.5. The van der Waals surface area contributed by atoms with Crippen LogP contribution in [0, 0.1) is 6.92 Å². The van der Waals surface area contributed by atoms with Crippen LogP contribution in [-0.4, -0.2) is 32.3 Å². The number of nitrogens with one attached hydrogen (secondary N) is 2. The summed E-state index contributed by atoms with van der Waals surface area (Å²) in [6, 6.07) is 10.3. The normalized spacial score (nSPS) is 10.7. The van der Waals surface area contributed by atoms with Crippen LogP contribution >= 0.6 is 46.6 Å². The fraction of sp³-hybridized carbons (Fsp3) is 0.182. The molecule has 0 aliphatic heterocycles. The van der Waals surface area contributed by atoms with Gasteiger partial charge in [-0.2, -0.15) is 0 Å². The summed E-state index contributed by atoms with van der Waals surface area (Å²) in [5.74, 6) is 0.102. The Morgan fingerprint density at radius 1 is 1.12 bits per heavy atom. The summed E-state index contributed by atoms with van der Waals surface area (Å²) < 4.78 is 1.79. The molecule has 0 aliphatic carbocycles. The average Bonchev–Trinajstić information content (AvgIpc) is 3.16. The zero-order valence-corrected chi connectivity index (χ0v) is 20.7. The Balaban J connectivity index is 1.64. The first-order valence-corrected chi connectivity index (χ1v) is 11.9. The van der Waals surface area contributed by atoms with Crippen LogP contribution in [0.5, 0.6) is 0 Å². The lowest BCUT2D eigenvalue weighted by atomic mass is 10.1. The second kappa shape index (κ2) is 11.6. The number of carbonyl (C=O) groups is 2. The van der Waals surface area contributed by atoms with Gasteiger partial charge in [0.2, 0.25) is 5.91 Å². The van der Waals surface area contributed by atoms with Gasteiger partial charge in [0.15, 0.2) is 11.0 Å². The van der Waals surface area contributed by atoms with Crippen LogP contribution in [0.15, 0.2) is 54.2 Å². The van der Waals surface area contributed by atoms with E-state index in [1.807, 2.05) is 25.1 Å². The minimum atomic E-state index is -0.303. The number of hydrogen-bond donors (Lipinski definition) is 2. The molecule has 7 nitrogen and oxygen atoms in total. The molecule has 3 rings (SSSR count). The summed E-state index contributed by atoms with van der Waals surface area (Å²) >= 11 is 19.2. The van der Waals surface area contributed by atoms with E-state index >= 15 is 0 Å². The van der Waals surface area contributed by atoms with Gasteiger partial charge in [0.05, 0.1) is 33.1 Å². The van der Waals surface area contributed by atoms with Crippen LogP contribution in [0.4, 0.5) is 5.69 Å². The number of aryl methyl sites for hydroxylation is 1. The molecule has 0 aliphatic rings. The minimum Gasteiger partial charge on any atom is -0.345 e. The van der Waals surface area contributed by atoms with Gasteiger partial charge in [0.25, 0.3) is 5.91 Å². The fourth-order valence-electron chi connectivity index (χ4n) is 2.89. The number of benzene rings is 2. The van der Waals surface area contributed by atoms with Crippen LogP contribution in [-0.2, 0) is 17.9 Å². The van der Waals surface area contributed by atoms with Gasteiger partial charge in [0, 0.05) is 12.1 Å². The van der Waals surface area contributed by atoms with E-state index in [9.17, 15) is 9.59 Å². The van der Waals surface area contributed by atoms with Crippen molar-refractivity contribution < 1.29 is 9.59 Å². The smallest absolute Gasteiger partial charge is 0.251 e. The average molecular weight is 525 g/mol. The molecule has 0 unspecified atom stereocenters. The Bertz CT molecular complexity index is 1200. The predicted octanol–water partition coefficient (Wildman–Crippen LogP) is 5.39. The summed E-state index contributed by atoms with van der Waals surface area (Å²) in [4.78, 5) is 24.9. The number of anilines is 1. The van der Waals surface area contributed by atoms with Crippen LogP contribution in [0.1, 0.15) is 21.7 Å². The van der Waals surface area contributed by atoms with Crippen molar-refractivity contribution in [2.45, 2.75) is 25.2 Å². The van der Waals surface area contributed by atoms with Gasteiger partial charge in [0.1, 0.15) is 0 Å². The molecule has 0 saturated heterocycles. The lowest BCUT2D eigenvalue weighted by Crippen LogP contribution is -2.25. The maximum absolute atomic E-state index is 12.5. The molecule has 172 valence electrons. The lowest BCUT2D eigenvalue weighted by molar-refractivity contribution is -0.113. The molecule has 2 amide bonds. The highest BCUT2D eigenvalue weighted by Gasteiger charge is 2.16. The van der Waals surface area contributed by atoms with Crippen molar-refractivity contribution in [1.29, 1.82) is 0 Å². The Morgan fingerprint density at radius 3 is 2.58 bits per heavy atom. The van der Waals surface area contributed by atoms with Gasteiger partial charge in [-0.05, 0) is 30.7 Å². The predicted molar refractivity (Wildman–Crippen MR) is 133 cm³/mol. The van der Waals surface area contributed by atoms with Gasteiger partial charge in [-0.1, -0.05) is 70.8 Å². The summed E-state index contributed by atoms with van der Waals surface area (Å²) in [6.45, 7) is 6.24. The van der Waals surface area contributed by atoms with Crippen molar-refractivity contribution >= 4 is 64.1 Å². The van der Waals surface area contributed by atoms with Crippen molar-refractivity contribution in [3.63, 3.8) is 0 Å². The first-order valence-electron chi connectivity index (χ1n) is 9.74. The molecular weight excluding hydrogens is 505 g/mol. The van der Waals surface area contributed by atoms with E-state index in [2.05, 4.69) is 27.4 Å². The number of allylic oxidation sites excluding steroid dienone is 1. The summed E-state index contributed by atoms with van der Waals surface area (Å²) in [5, 5.41) is 15.3. The SMILES string of the molecule is C=CCn1c(CNC(=O)c2ccccc2C)nnc1SCC(=O)Nc1cc(Cl)c(Cl)cc1Cl. The van der Waals surface area contributed by atoms with Gasteiger partial charge in [-0.15, -0.1) is 16.8 Å². The molecule has 0 atom stereocenters. The third-order valence-electron chi connectivity index (χ3n) is 4.52. The molecule has 1 aromatic heterocycles. The molecule has 0 spiro atoms. The Morgan fingerprint density at radius 2 is 1.85 bits per heavy atom. The summed E-state index contributed by atoms with van der Waals surface area (Å²) in [5.41, 5.74) is 1.84. The van der Waals surface area contributed by atoms with E-state index in [1.165, 1.54) is 23.9 Å². The summed E-state index contributed by atoms with van der Waals surface area (Å²) in [7, 11) is 0. The first kappa shape index (κ1) is 25.1. The van der Waals surface area contributed by atoms with Gasteiger partial charge in [-0.3, -0.25) is 9.59 Å². The van der Waals surface area contributed by atoms with Crippen molar-refractivity contribution in [2.24, 2.45) is 0 Å². The molecule has 0 bridgehead atoms. The maximum Gasteiger partial charge on any atom is 0.251 e. The highest BCUT2D eigenvalue weighted by molar-refractivity contribution is 7.99. The number of thioether (sulfide) groups is 1. The Labute approximate surface area is 210 Å². The van der Waals surface area contributed by atoms with E-state index in [0.717, 1.165) is 5.56 Å². The van der Waals surface area contributed by atoms with Crippen molar-refractivity contribution in [3.8, 4) is 0 Å². The fourth-order valence-corrected chi connectivity index (χ4v) is 4.25. The zero-order valence-electron chi connectivity index (χ0n) is 17.6. The van der Waals surface area contributed by atoms with Crippen molar-refractivity contribution in [2.75, 3.05) is 11.1 Å². The monoisotopic (exact) mass is 523 g/mol. The molecule has 2 N–H and O–H groups in total. The van der Waals surface area contributed by atoms with Crippen molar-refractivity contribution in [1.82, 2.24) is 20.1 Å². The molecular formula is C22H20Cl3N5O2S.